The predicted octanol–water partition coefficient (Wildman–Crippen LogP) is 3.31. The van der Waals surface area contributed by atoms with Crippen LogP contribution in [0.5, 0.6) is 0 Å². The van der Waals surface area contributed by atoms with Crippen molar-refractivity contribution in [2.75, 3.05) is 0 Å². The normalized spacial score (nSPS) is 28.3. The summed E-state index contributed by atoms with van der Waals surface area (Å²) in [5.41, 5.74) is 0.339. The van der Waals surface area contributed by atoms with Crippen LogP contribution in [0.15, 0.2) is 0 Å². The smallest absolute Gasteiger partial charge is 0.313 e. The largest absolute Gasteiger partial charge is 0.421 e. The first-order chi connectivity index (χ1) is 5.79. The SMILES string of the molecule is CC1(C)CCC(OP(=O)(O)Cl)CC1. The van der Waals surface area contributed by atoms with Crippen molar-refractivity contribution in [2.24, 2.45) is 5.41 Å². The molecular weight excluding hydrogens is 211 g/mol. The van der Waals surface area contributed by atoms with Crippen molar-refractivity contribution < 1.29 is 14.0 Å². The summed E-state index contributed by atoms with van der Waals surface area (Å²) in [6.45, 7) is 0.590. The van der Waals surface area contributed by atoms with Gasteiger partial charge in [-0.25, -0.2) is 4.57 Å². The van der Waals surface area contributed by atoms with Gasteiger partial charge in [-0.05, 0) is 31.1 Å². The van der Waals surface area contributed by atoms with Crippen LogP contribution in [0.3, 0.4) is 0 Å². The van der Waals surface area contributed by atoms with Crippen molar-refractivity contribution in [2.45, 2.75) is 45.6 Å². The Morgan fingerprint density at radius 3 is 2.31 bits per heavy atom. The van der Waals surface area contributed by atoms with Gasteiger partial charge in [-0.1, -0.05) is 13.8 Å². The molecule has 0 amide bonds. The minimum absolute atomic E-state index is 0.138. The lowest BCUT2D eigenvalue weighted by Gasteiger charge is -2.33. The highest BCUT2D eigenvalue weighted by Crippen LogP contribution is 2.51. The lowest BCUT2D eigenvalue weighted by Crippen LogP contribution is -2.25. The molecule has 5 heteroatoms. The van der Waals surface area contributed by atoms with Gasteiger partial charge in [0.1, 0.15) is 0 Å². The third-order valence-electron chi connectivity index (χ3n) is 2.57. The first kappa shape index (κ1) is 11.5. The molecule has 0 saturated heterocycles. The van der Waals surface area contributed by atoms with Gasteiger partial charge in [0.05, 0.1) is 6.10 Å². The molecule has 1 unspecified atom stereocenters. The molecule has 13 heavy (non-hydrogen) atoms. The zero-order valence-electron chi connectivity index (χ0n) is 7.99. The standard InChI is InChI=1S/C8H16ClO3P/c1-8(2)5-3-7(4-6-8)12-13(9,10)11/h7H,3-6H2,1-2H3,(H,10,11). The maximum Gasteiger partial charge on any atom is 0.421 e. The molecule has 0 aromatic rings. The highest BCUT2D eigenvalue weighted by molar-refractivity contribution is 7.80. The Morgan fingerprint density at radius 1 is 1.46 bits per heavy atom. The average Bonchev–Trinajstić information content (AvgIpc) is 1.91. The Balaban J connectivity index is 2.38. The van der Waals surface area contributed by atoms with Crippen molar-refractivity contribution in [1.82, 2.24) is 0 Å². The molecule has 0 heterocycles. The molecule has 1 N–H and O–H groups in total. The van der Waals surface area contributed by atoms with Crippen LogP contribution in [0.2, 0.25) is 0 Å². The molecule has 0 aliphatic heterocycles. The molecule has 1 rings (SSSR count). The summed E-state index contributed by atoms with van der Waals surface area (Å²) >= 11 is 5.13. The Labute approximate surface area is 83.8 Å². The number of hydrogen-bond acceptors (Lipinski definition) is 2. The van der Waals surface area contributed by atoms with Crippen molar-refractivity contribution in [3.63, 3.8) is 0 Å². The van der Waals surface area contributed by atoms with E-state index in [4.69, 9.17) is 20.7 Å². The fourth-order valence-electron chi connectivity index (χ4n) is 1.66. The van der Waals surface area contributed by atoms with E-state index in [0.29, 0.717) is 5.41 Å². The minimum atomic E-state index is -3.80. The van der Waals surface area contributed by atoms with Crippen LogP contribution in [-0.2, 0) is 9.09 Å². The summed E-state index contributed by atoms with van der Waals surface area (Å²) in [4.78, 5) is 8.80. The van der Waals surface area contributed by atoms with Gasteiger partial charge < -0.3 is 4.89 Å². The molecule has 1 saturated carbocycles. The second kappa shape index (κ2) is 3.90. The van der Waals surface area contributed by atoms with Crippen LogP contribution in [0.4, 0.5) is 0 Å². The molecule has 1 fully saturated rings. The Hall–Kier alpha value is 0.440. The molecule has 1 aliphatic carbocycles. The Bertz CT molecular complexity index is 213. The van der Waals surface area contributed by atoms with Gasteiger partial charge >= 0.3 is 6.95 Å². The summed E-state index contributed by atoms with van der Waals surface area (Å²) in [5, 5.41) is 0. The van der Waals surface area contributed by atoms with E-state index in [0.717, 1.165) is 25.7 Å². The molecule has 0 aromatic heterocycles. The molecule has 0 spiro atoms. The fraction of sp³-hybridized carbons (Fsp3) is 1.00. The van der Waals surface area contributed by atoms with E-state index < -0.39 is 6.95 Å². The van der Waals surface area contributed by atoms with Crippen LogP contribution in [0, 0.1) is 5.41 Å². The summed E-state index contributed by atoms with van der Waals surface area (Å²) in [5.74, 6) is 0. The molecule has 1 atom stereocenters. The second-order valence-corrected chi connectivity index (χ2v) is 6.82. The van der Waals surface area contributed by atoms with Gasteiger partial charge in [0.25, 0.3) is 0 Å². The van der Waals surface area contributed by atoms with Gasteiger partial charge in [0.15, 0.2) is 0 Å². The van der Waals surface area contributed by atoms with Crippen molar-refractivity contribution in [3.05, 3.63) is 0 Å². The zero-order chi connectivity index (χ0) is 10.1. The number of rotatable bonds is 2. The zero-order valence-corrected chi connectivity index (χ0v) is 9.65. The summed E-state index contributed by atoms with van der Waals surface area (Å²) in [6.07, 6.45) is 3.55. The topological polar surface area (TPSA) is 46.5 Å². The van der Waals surface area contributed by atoms with E-state index in [1.54, 1.807) is 0 Å². The van der Waals surface area contributed by atoms with Crippen molar-refractivity contribution >= 4 is 18.2 Å². The van der Waals surface area contributed by atoms with E-state index in [1.807, 2.05) is 0 Å². The quantitative estimate of drug-likeness (QED) is 0.735. The van der Waals surface area contributed by atoms with Crippen LogP contribution < -0.4 is 0 Å². The summed E-state index contributed by atoms with van der Waals surface area (Å²) in [7, 11) is 0. The number of halogens is 1. The monoisotopic (exact) mass is 226 g/mol. The molecule has 3 nitrogen and oxygen atoms in total. The van der Waals surface area contributed by atoms with Crippen LogP contribution in [0.1, 0.15) is 39.5 Å². The average molecular weight is 227 g/mol. The molecular formula is C8H16ClO3P. The van der Waals surface area contributed by atoms with Crippen LogP contribution >= 0.6 is 18.2 Å². The third kappa shape index (κ3) is 4.46. The van der Waals surface area contributed by atoms with Crippen molar-refractivity contribution in [3.8, 4) is 0 Å². The lowest BCUT2D eigenvalue weighted by molar-refractivity contribution is 0.0926. The van der Waals surface area contributed by atoms with Gasteiger partial charge in [-0.2, -0.15) is 0 Å². The van der Waals surface area contributed by atoms with E-state index in [2.05, 4.69) is 13.8 Å². The minimum Gasteiger partial charge on any atom is -0.313 e. The van der Waals surface area contributed by atoms with Crippen molar-refractivity contribution in [1.29, 1.82) is 0 Å². The van der Waals surface area contributed by atoms with E-state index >= 15 is 0 Å². The van der Waals surface area contributed by atoms with Gasteiger partial charge in [-0.15, -0.1) is 0 Å². The molecule has 0 radical (unpaired) electrons. The molecule has 78 valence electrons. The maximum atomic E-state index is 10.7. The molecule has 1 aliphatic rings. The van der Waals surface area contributed by atoms with E-state index in [-0.39, 0.29) is 6.10 Å². The Kier molecular flexibility index (Phi) is 3.45. The maximum absolute atomic E-state index is 10.7. The Morgan fingerprint density at radius 2 is 1.92 bits per heavy atom. The van der Waals surface area contributed by atoms with Crippen LogP contribution in [-0.4, -0.2) is 11.0 Å². The van der Waals surface area contributed by atoms with Gasteiger partial charge in [0, 0.05) is 11.2 Å². The molecule has 0 bridgehead atoms. The predicted molar refractivity (Wildman–Crippen MR) is 52.8 cm³/mol. The summed E-state index contributed by atoms with van der Waals surface area (Å²) in [6, 6.07) is 0. The molecule has 0 aromatic carbocycles. The summed E-state index contributed by atoms with van der Waals surface area (Å²) < 4.78 is 15.6. The fourth-order valence-corrected chi connectivity index (χ4v) is 2.58. The van der Waals surface area contributed by atoms with E-state index in [9.17, 15) is 4.57 Å². The van der Waals surface area contributed by atoms with Gasteiger partial charge in [-0.3, -0.25) is 4.52 Å². The second-order valence-electron chi connectivity index (χ2n) is 4.42. The first-order valence-electron chi connectivity index (χ1n) is 4.49. The highest BCUT2D eigenvalue weighted by atomic mass is 35.7. The lowest BCUT2D eigenvalue weighted by atomic mass is 9.76. The van der Waals surface area contributed by atoms with Crippen LogP contribution in [0.25, 0.3) is 0 Å². The third-order valence-corrected chi connectivity index (χ3v) is 3.36. The first-order valence-corrected chi connectivity index (χ1v) is 6.98. The van der Waals surface area contributed by atoms with E-state index in [1.165, 1.54) is 0 Å². The van der Waals surface area contributed by atoms with Gasteiger partial charge in [0.2, 0.25) is 0 Å². The number of hydrogen-bond donors (Lipinski definition) is 1. The highest BCUT2D eigenvalue weighted by Gasteiger charge is 2.30.